The molecule has 0 radical (unpaired) electrons. The average molecular weight is 282 g/mol. The minimum absolute atomic E-state index is 0.574. The van der Waals surface area contributed by atoms with Gasteiger partial charge in [0.15, 0.2) is 0 Å². The molecule has 0 heteroatoms. The lowest BCUT2D eigenvalue weighted by Crippen LogP contribution is -2.19. The molecule has 5 rings (SSSR count). The fourth-order valence-electron chi connectivity index (χ4n) is 4.23. The van der Waals surface area contributed by atoms with Crippen molar-refractivity contribution in [3.8, 4) is 0 Å². The maximum absolute atomic E-state index is 2.45. The minimum atomic E-state index is 0.574. The fraction of sp³-hybridized carbons (Fsp3) is 0.182. The summed E-state index contributed by atoms with van der Waals surface area (Å²) >= 11 is 0. The largest absolute Gasteiger partial charge is 0.0805 e. The first-order valence-electron chi connectivity index (χ1n) is 8.19. The number of benzene rings is 3. The second kappa shape index (κ2) is 4.58. The van der Waals surface area contributed by atoms with Gasteiger partial charge in [0.2, 0.25) is 0 Å². The van der Waals surface area contributed by atoms with Crippen molar-refractivity contribution in [1.29, 1.82) is 0 Å². The standard InChI is InChI=1S/C22H18/c1-3-7-19-15(5-1)9-11-17-14-22-18(13-21(17)19)12-10-16-6-2-4-8-20(16)22/h1-9,11,13-14,16,20H,10,12H2. The van der Waals surface area contributed by atoms with Crippen molar-refractivity contribution < 1.29 is 0 Å². The summed E-state index contributed by atoms with van der Waals surface area (Å²) in [5.41, 5.74) is 3.09. The molecule has 0 fully saturated rings. The Morgan fingerprint density at radius 2 is 1.64 bits per heavy atom. The van der Waals surface area contributed by atoms with Crippen molar-refractivity contribution in [3.63, 3.8) is 0 Å². The normalized spacial score (nSPS) is 22.7. The topological polar surface area (TPSA) is 0 Å². The summed E-state index contributed by atoms with van der Waals surface area (Å²) in [6.07, 6.45) is 11.7. The van der Waals surface area contributed by atoms with Gasteiger partial charge in [0, 0.05) is 5.92 Å². The molecular formula is C22H18. The molecule has 2 aliphatic carbocycles. The molecule has 0 amide bonds. The van der Waals surface area contributed by atoms with Crippen LogP contribution in [0.2, 0.25) is 0 Å². The van der Waals surface area contributed by atoms with Gasteiger partial charge in [-0.3, -0.25) is 0 Å². The first-order valence-corrected chi connectivity index (χ1v) is 8.19. The quantitative estimate of drug-likeness (QED) is 0.459. The van der Waals surface area contributed by atoms with Crippen LogP contribution in [0.4, 0.5) is 0 Å². The summed E-state index contributed by atoms with van der Waals surface area (Å²) in [4.78, 5) is 0. The summed E-state index contributed by atoms with van der Waals surface area (Å²) < 4.78 is 0. The molecule has 3 aromatic rings. The Bertz CT molecular complexity index is 943. The van der Waals surface area contributed by atoms with Crippen LogP contribution < -0.4 is 0 Å². The molecule has 0 aliphatic heterocycles. The molecule has 0 spiro atoms. The third kappa shape index (κ3) is 1.70. The van der Waals surface area contributed by atoms with E-state index >= 15 is 0 Å². The highest BCUT2D eigenvalue weighted by Crippen LogP contribution is 2.42. The highest BCUT2D eigenvalue weighted by Gasteiger charge is 2.27. The fourth-order valence-corrected chi connectivity index (χ4v) is 4.23. The van der Waals surface area contributed by atoms with Gasteiger partial charge in [0.25, 0.3) is 0 Å². The third-order valence-electron chi connectivity index (χ3n) is 5.36. The van der Waals surface area contributed by atoms with E-state index in [-0.39, 0.29) is 0 Å². The van der Waals surface area contributed by atoms with Gasteiger partial charge >= 0.3 is 0 Å². The van der Waals surface area contributed by atoms with Crippen LogP contribution in [0.5, 0.6) is 0 Å². The molecule has 2 unspecified atom stereocenters. The number of fused-ring (bicyclic) bond motifs is 6. The maximum atomic E-state index is 2.45. The molecule has 2 aliphatic rings. The zero-order valence-electron chi connectivity index (χ0n) is 12.5. The summed E-state index contributed by atoms with van der Waals surface area (Å²) in [5, 5.41) is 5.50. The van der Waals surface area contributed by atoms with Crippen molar-refractivity contribution in [2.75, 3.05) is 0 Å². The summed E-state index contributed by atoms with van der Waals surface area (Å²) in [6, 6.07) is 18.2. The lowest BCUT2D eigenvalue weighted by atomic mass is 9.72. The van der Waals surface area contributed by atoms with Gasteiger partial charge in [-0.2, -0.15) is 0 Å². The summed E-state index contributed by atoms with van der Waals surface area (Å²) in [6.45, 7) is 0. The second-order valence-corrected chi connectivity index (χ2v) is 6.56. The predicted molar refractivity (Wildman–Crippen MR) is 94.3 cm³/mol. The van der Waals surface area contributed by atoms with E-state index in [1.54, 1.807) is 11.1 Å². The Morgan fingerprint density at radius 1 is 0.773 bits per heavy atom. The van der Waals surface area contributed by atoms with Gasteiger partial charge in [0.05, 0.1) is 0 Å². The number of allylic oxidation sites excluding steroid dienone is 4. The number of aryl methyl sites for hydroxylation is 1. The molecule has 2 atom stereocenters. The average Bonchev–Trinajstić information content (AvgIpc) is 2.60. The molecule has 0 N–H and O–H groups in total. The molecule has 3 aromatic carbocycles. The Hall–Kier alpha value is -2.34. The van der Waals surface area contributed by atoms with Crippen molar-refractivity contribution in [3.05, 3.63) is 84.0 Å². The smallest absolute Gasteiger partial charge is 0.00870 e. The van der Waals surface area contributed by atoms with E-state index in [1.807, 2.05) is 0 Å². The van der Waals surface area contributed by atoms with Crippen molar-refractivity contribution >= 4 is 21.5 Å². The summed E-state index contributed by atoms with van der Waals surface area (Å²) in [5.74, 6) is 1.26. The van der Waals surface area contributed by atoms with Crippen molar-refractivity contribution in [2.45, 2.75) is 18.8 Å². The van der Waals surface area contributed by atoms with Crippen LogP contribution in [-0.4, -0.2) is 0 Å². The maximum Gasteiger partial charge on any atom is 0.00870 e. The van der Waals surface area contributed by atoms with Crippen LogP contribution in [0.1, 0.15) is 23.5 Å². The Kier molecular flexibility index (Phi) is 2.54. The molecule has 0 nitrogen and oxygen atoms in total. The first kappa shape index (κ1) is 12.2. The molecular weight excluding hydrogens is 264 g/mol. The zero-order valence-corrected chi connectivity index (χ0v) is 12.5. The van der Waals surface area contributed by atoms with Crippen LogP contribution in [0.3, 0.4) is 0 Å². The number of rotatable bonds is 0. The van der Waals surface area contributed by atoms with Crippen molar-refractivity contribution in [2.24, 2.45) is 5.92 Å². The van der Waals surface area contributed by atoms with Gasteiger partial charge in [-0.05, 0) is 51.4 Å². The number of hydrogen-bond donors (Lipinski definition) is 0. The lowest BCUT2D eigenvalue weighted by Gasteiger charge is -2.32. The second-order valence-electron chi connectivity index (χ2n) is 6.56. The number of hydrogen-bond acceptors (Lipinski definition) is 0. The van der Waals surface area contributed by atoms with Crippen LogP contribution in [-0.2, 0) is 6.42 Å². The molecule has 0 heterocycles. The molecule has 0 aromatic heterocycles. The van der Waals surface area contributed by atoms with Gasteiger partial charge in [-0.25, -0.2) is 0 Å². The van der Waals surface area contributed by atoms with Gasteiger partial charge in [0.1, 0.15) is 0 Å². The van der Waals surface area contributed by atoms with Crippen LogP contribution in [0.15, 0.2) is 72.8 Å². The molecule has 22 heavy (non-hydrogen) atoms. The van der Waals surface area contributed by atoms with E-state index in [0.717, 1.165) is 0 Å². The van der Waals surface area contributed by atoms with Gasteiger partial charge in [-0.15, -0.1) is 0 Å². The predicted octanol–water partition coefficient (Wildman–Crippen LogP) is 5.77. The first-order chi connectivity index (χ1) is 10.9. The Morgan fingerprint density at radius 3 is 2.64 bits per heavy atom. The monoisotopic (exact) mass is 282 g/mol. The van der Waals surface area contributed by atoms with Crippen molar-refractivity contribution in [1.82, 2.24) is 0 Å². The van der Waals surface area contributed by atoms with E-state index in [1.165, 1.54) is 34.4 Å². The van der Waals surface area contributed by atoms with E-state index in [0.29, 0.717) is 11.8 Å². The minimum Gasteiger partial charge on any atom is -0.0805 e. The van der Waals surface area contributed by atoms with Crippen LogP contribution >= 0.6 is 0 Å². The third-order valence-corrected chi connectivity index (χ3v) is 5.36. The highest BCUT2D eigenvalue weighted by atomic mass is 14.3. The SMILES string of the molecule is C1=CC2CCc3cc4c(ccc5ccccc54)cc3C2C=C1. The van der Waals surface area contributed by atoms with Gasteiger partial charge in [-0.1, -0.05) is 72.8 Å². The van der Waals surface area contributed by atoms with Crippen LogP contribution in [0, 0.1) is 5.92 Å². The van der Waals surface area contributed by atoms with E-state index in [9.17, 15) is 0 Å². The van der Waals surface area contributed by atoms with E-state index in [2.05, 4.69) is 72.8 Å². The van der Waals surface area contributed by atoms with E-state index in [4.69, 9.17) is 0 Å². The van der Waals surface area contributed by atoms with Crippen LogP contribution in [0.25, 0.3) is 21.5 Å². The Balaban J connectivity index is 1.80. The lowest BCUT2D eigenvalue weighted by molar-refractivity contribution is 0.500. The van der Waals surface area contributed by atoms with Gasteiger partial charge < -0.3 is 0 Å². The summed E-state index contributed by atoms with van der Waals surface area (Å²) in [7, 11) is 0. The Labute approximate surface area is 130 Å². The molecule has 0 bridgehead atoms. The van der Waals surface area contributed by atoms with E-state index < -0.39 is 0 Å². The zero-order chi connectivity index (χ0) is 14.5. The highest BCUT2D eigenvalue weighted by molar-refractivity contribution is 6.07. The molecule has 0 saturated carbocycles. The molecule has 106 valence electrons. The molecule has 0 saturated heterocycles.